The first-order valence-corrected chi connectivity index (χ1v) is 7.11. The highest BCUT2D eigenvalue weighted by Crippen LogP contribution is 2.28. The van der Waals surface area contributed by atoms with E-state index in [0.717, 1.165) is 0 Å². The Hall–Kier alpha value is -0.420. The van der Waals surface area contributed by atoms with Gasteiger partial charge in [0.1, 0.15) is 0 Å². The quantitative estimate of drug-likeness (QED) is 0.749. The molecule has 0 aromatic carbocycles. The second kappa shape index (κ2) is 5.27. The number of carbonyl (C=O) groups is 1. The molecule has 0 radical (unpaired) electrons. The van der Waals surface area contributed by atoms with Crippen LogP contribution in [-0.4, -0.2) is 33.7 Å². The Bertz CT molecular complexity index is 282. The average molecular weight is 248 g/mol. The SMILES string of the molecule is CC(CS(C)=O)NC(=O)C(C)(C)C(C)(C)N. The third-order valence-electron chi connectivity index (χ3n) is 3.04. The van der Waals surface area contributed by atoms with Crippen LogP contribution in [0.15, 0.2) is 0 Å². The number of hydrogen-bond donors (Lipinski definition) is 2. The van der Waals surface area contributed by atoms with Crippen molar-refractivity contribution in [3.05, 3.63) is 0 Å². The minimum Gasteiger partial charge on any atom is -0.352 e. The van der Waals surface area contributed by atoms with Crippen LogP contribution in [0, 0.1) is 5.41 Å². The molecule has 96 valence electrons. The van der Waals surface area contributed by atoms with E-state index in [1.807, 2.05) is 34.6 Å². The van der Waals surface area contributed by atoms with Crippen molar-refractivity contribution in [3.63, 3.8) is 0 Å². The van der Waals surface area contributed by atoms with Crippen LogP contribution in [0.1, 0.15) is 34.6 Å². The lowest BCUT2D eigenvalue weighted by atomic mass is 9.74. The van der Waals surface area contributed by atoms with E-state index in [2.05, 4.69) is 5.32 Å². The molecule has 1 amide bonds. The highest BCUT2D eigenvalue weighted by atomic mass is 32.2. The molecular weight excluding hydrogens is 224 g/mol. The van der Waals surface area contributed by atoms with Crippen LogP contribution in [0.4, 0.5) is 0 Å². The van der Waals surface area contributed by atoms with E-state index in [9.17, 15) is 9.00 Å². The summed E-state index contributed by atoms with van der Waals surface area (Å²) < 4.78 is 11.0. The lowest BCUT2D eigenvalue weighted by molar-refractivity contribution is -0.132. The van der Waals surface area contributed by atoms with Crippen molar-refractivity contribution in [3.8, 4) is 0 Å². The molecule has 0 aromatic heterocycles. The van der Waals surface area contributed by atoms with Crippen LogP contribution in [-0.2, 0) is 15.6 Å². The fourth-order valence-corrected chi connectivity index (χ4v) is 1.88. The first-order chi connectivity index (χ1) is 6.98. The van der Waals surface area contributed by atoms with Gasteiger partial charge in [-0.15, -0.1) is 0 Å². The lowest BCUT2D eigenvalue weighted by Gasteiger charge is -2.37. The van der Waals surface area contributed by atoms with Crippen LogP contribution >= 0.6 is 0 Å². The maximum atomic E-state index is 12.0. The Morgan fingerprint density at radius 1 is 1.38 bits per heavy atom. The molecule has 4 nitrogen and oxygen atoms in total. The smallest absolute Gasteiger partial charge is 0.227 e. The second-order valence-corrected chi connectivity index (χ2v) is 6.94. The summed E-state index contributed by atoms with van der Waals surface area (Å²) in [5.74, 6) is 0.366. The minimum atomic E-state index is -0.906. The molecule has 0 aliphatic rings. The Kier molecular flexibility index (Phi) is 5.14. The van der Waals surface area contributed by atoms with Crippen LogP contribution in [0.25, 0.3) is 0 Å². The fourth-order valence-electron chi connectivity index (χ4n) is 1.09. The number of carbonyl (C=O) groups excluding carboxylic acids is 1. The standard InChI is InChI=1S/C11H24N2O2S/c1-8(7-16(6)15)13-9(14)10(2,3)11(4,5)12/h8H,7,12H2,1-6H3,(H,13,14). The maximum absolute atomic E-state index is 12.0. The molecule has 0 spiro atoms. The largest absolute Gasteiger partial charge is 0.352 e. The van der Waals surface area contributed by atoms with Crippen LogP contribution < -0.4 is 11.1 Å². The van der Waals surface area contributed by atoms with Crippen molar-refractivity contribution in [2.24, 2.45) is 11.1 Å². The van der Waals surface area contributed by atoms with Gasteiger partial charge in [-0.25, -0.2) is 0 Å². The van der Waals surface area contributed by atoms with Gasteiger partial charge in [0.2, 0.25) is 5.91 Å². The molecule has 0 aliphatic carbocycles. The maximum Gasteiger partial charge on any atom is 0.227 e. The third kappa shape index (κ3) is 4.22. The third-order valence-corrected chi connectivity index (χ3v) is 4.01. The molecule has 0 saturated heterocycles. The van der Waals surface area contributed by atoms with Crippen molar-refractivity contribution >= 4 is 16.7 Å². The normalized spacial score (nSPS) is 16.7. The summed E-state index contributed by atoms with van der Waals surface area (Å²) in [5, 5.41) is 2.85. The molecule has 0 bridgehead atoms. The van der Waals surface area contributed by atoms with E-state index in [-0.39, 0.29) is 11.9 Å². The van der Waals surface area contributed by atoms with E-state index in [1.165, 1.54) is 0 Å². The number of amides is 1. The molecule has 16 heavy (non-hydrogen) atoms. The molecule has 3 N–H and O–H groups in total. The first kappa shape index (κ1) is 15.6. The Morgan fingerprint density at radius 2 is 1.81 bits per heavy atom. The van der Waals surface area contributed by atoms with Gasteiger partial charge in [0.25, 0.3) is 0 Å². The van der Waals surface area contributed by atoms with Crippen molar-refractivity contribution in [1.82, 2.24) is 5.32 Å². The summed E-state index contributed by atoms with van der Waals surface area (Å²) in [7, 11) is -0.906. The summed E-state index contributed by atoms with van der Waals surface area (Å²) in [6.45, 7) is 9.14. The average Bonchev–Trinajstić information content (AvgIpc) is 1.99. The molecule has 0 heterocycles. The summed E-state index contributed by atoms with van der Waals surface area (Å²) >= 11 is 0. The summed E-state index contributed by atoms with van der Waals surface area (Å²) in [6.07, 6.45) is 1.63. The summed E-state index contributed by atoms with van der Waals surface area (Å²) in [6, 6.07) is -0.0973. The van der Waals surface area contributed by atoms with Gasteiger partial charge in [-0.2, -0.15) is 0 Å². The van der Waals surface area contributed by atoms with Crippen molar-refractivity contribution in [2.75, 3.05) is 12.0 Å². The monoisotopic (exact) mass is 248 g/mol. The summed E-state index contributed by atoms with van der Waals surface area (Å²) in [5.41, 5.74) is 4.72. The molecule has 0 aromatic rings. The molecule has 0 fully saturated rings. The summed E-state index contributed by atoms with van der Waals surface area (Å²) in [4.78, 5) is 12.0. The van der Waals surface area contributed by atoms with Crippen molar-refractivity contribution in [1.29, 1.82) is 0 Å². The highest BCUT2D eigenvalue weighted by molar-refractivity contribution is 7.84. The van der Waals surface area contributed by atoms with E-state index in [1.54, 1.807) is 6.26 Å². The zero-order valence-electron chi connectivity index (χ0n) is 11.1. The number of nitrogens with one attached hydrogen (secondary N) is 1. The number of rotatable bonds is 5. The minimum absolute atomic E-state index is 0.0973. The van der Waals surface area contributed by atoms with E-state index < -0.39 is 21.8 Å². The topological polar surface area (TPSA) is 72.2 Å². The molecule has 0 aliphatic heterocycles. The molecular formula is C11H24N2O2S. The second-order valence-electron chi connectivity index (χ2n) is 5.46. The van der Waals surface area contributed by atoms with Gasteiger partial charge in [0.05, 0.1) is 5.41 Å². The Morgan fingerprint density at radius 3 is 2.12 bits per heavy atom. The molecule has 2 unspecified atom stereocenters. The number of hydrogen-bond acceptors (Lipinski definition) is 3. The molecule has 5 heteroatoms. The zero-order chi connectivity index (χ0) is 13.1. The Balaban J connectivity index is 4.53. The van der Waals surface area contributed by atoms with Crippen LogP contribution in [0.2, 0.25) is 0 Å². The fraction of sp³-hybridized carbons (Fsp3) is 0.909. The molecule has 0 saturated carbocycles. The van der Waals surface area contributed by atoms with Gasteiger partial charge in [0, 0.05) is 34.4 Å². The zero-order valence-corrected chi connectivity index (χ0v) is 11.9. The van der Waals surface area contributed by atoms with Gasteiger partial charge < -0.3 is 11.1 Å². The van der Waals surface area contributed by atoms with Gasteiger partial charge in [0.15, 0.2) is 0 Å². The van der Waals surface area contributed by atoms with E-state index in [0.29, 0.717) is 5.75 Å². The molecule has 2 atom stereocenters. The predicted octanol–water partition coefficient (Wildman–Crippen LogP) is 0.633. The van der Waals surface area contributed by atoms with Gasteiger partial charge in [-0.1, -0.05) is 0 Å². The van der Waals surface area contributed by atoms with Crippen molar-refractivity contribution < 1.29 is 9.00 Å². The van der Waals surface area contributed by atoms with Crippen LogP contribution in [0.5, 0.6) is 0 Å². The molecule has 0 rings (SSSR count). The van der Waals surface area contributed by atoms with E-state index >= 15 is 0 Å². The lowest BCUT2D eigenvalue weighted by Crippen LogP contribution is -2.57. The van der Waals surface area contributed by atoms with E-state index in [4.69, 9.17) is 5.73 Å². The number of nitrogens with two attached hydrogens (primary N) is 1. The predicted molar refractivity (Wildman–Crippen MR) is 68.6 cm³/mol. The van der Waals surface area contributed by atoms with Crippen LogP contribution in [0.3, 0.4) is 0 Å². The van der Waals surface area contributed by atoms with Gasteiger partial charge >= 0.3 is 0 Å². The first-order valence-electron chi connectivity index (χ1n) is 5.38. The van der Waals surface area contributed by atoms with Gasteiger partial charge in [-0.3, -0.25) is 9.00 Å². The highest BCUT2D eigenvalue weighted by Gasteiger charge is 2.40. The van der Waals surface area contributed by atoms with Gasteiger partial charge in [-0.05, 0) is 34.6 Å². The van der Waals surface area contributed by atoms with Crippen molar-refractivity contribution in [2.45, 2.75) is 46.2 Å². The Labute approximate surface area is 101 Å².